The molecular formula is C11H14BrNS. The lowest BCUT2D eigenvalue weighted by atomic mass is 10.1. The molecule has 2 rings (SSSR count). The zero-order chi connectivity index (χ0) is 9.97. The smallest absolute Gasteiger partial charge is 0.0385 e. The summed E-state index contributed by atoms with van der Waals surface area (Å²) in [6.07, 6.45) is 0. The number of benzene rings is 1. The molecule has 1 aliphatic rings. The van der Waals surface area contributed by atoms with Crippen molar-refractivity contribution in [2.24, 2.45) is 5.92 Å². The Balaban J connectivity index is 2.03. The molecule has 3 heteroatoms. The van der Waals surface area contributed by atoms with E-state index in [1.165, 1.54) is 17.2 Å². The van der Waals surface area contributed by atoms with E-state index in [1.54, 1.807) is 0 Å². The lowest BCUT2D eigenvalue weighted by Crippen LogP contribution is -2.25. The average Bonchev–Trinajstić information content (AvgIpc) is 2.52. The SMILES string of the molecule is CC1CSCC1Nc1cccc(Br)c1. The van der Waals surface area contributed by atoms with Gasteiger partial charge in [-0.1, -0.05) is 28.9 Å². The van der Waals surface area contributed by atoms with E-state index in [0.29, 0.717) is 6.04 Å². The van der Waals surface area contributed by atoms with Crippen molar-refractivity contribution in [2.75, 3.05) is 16.8 Å². The second kappa shape index (κ2) is 4.58. The van der Waals surface area contributed by atoms with Crippen LogP contribution in [0.25, 0.3) is 0 Å². The third-order valence-corrected chi connectivity index (χ3v) is 4.39. The van der Waals surface area contributed by atoms with Gasteiger partial charge in [-0.25, -0.2) is 0 Å². The fourth-order valence-corrected chi connectivity index (χ4v) is 3.44. The molecular weight excluding hydrogens is 258 g/mol. The van der Waals surface area contributed by atoms with E-state index in [4.69, 9.17) is 0 Å². The molecule has 0 bridgehead atoms. The van der Waals surface area contributed by atoms with Crippen molar-refractivity contribution in [3.63, 3.8) is 0 Å². The Morgan fingerprint density at radius 1 is 1.43 bits per heavy atom. The van der Waals surface area contributed by atoms with Crippen LogP contribution in [-0.2, 0) is 0 Å². The van der Waals surface area contributed by atoms with Gasteiger partial charge < -0.3 is 5.32 Å². The first kappa shape index (κ1) is 10.4. The Labute approximate surface area is 97.8 Å². The molecule has 1 aliphatic heterocycles. The molecule has 76 valence electrons. The van der Waals surface area contributed by atoms with Crippen LogP contribution in [0.2, 0.25) is 0 Å². The van der Waals surface area contributed by atoms with E-state index < -0.39 is 0 Å². The van der Waals surface area contributed by atoms with Crippen LogP contribution in [-0.4, -0.2) is 17.5 Å². The maximum atomic E-state index is 3.58. The minimum atomic E-state index is 0.634. The normalized spacial score (nSPS) is 26.4. The van der Waals surface area contributed by atoms with Gasteiger partial charge in [-0.05, 0) is 29.9 Å². The van der Waals surface area contributed by atoms with E-state index >= 15 is 0 Å². The van der Waals surface area contributed by atoms with E-state index in [0.717, 1.165) is 10.4 Å². The van der Waals surface area contributed by atoms with Crippen molar-refractivity contribution in [3.8, 4) is 0 Å². The van der Waals surface area contributed by atoms with Crippen molar-refractivity contribution in [1.29, 1.82) is 0 Å². The van der Waals surface area contributed by atoms with Gasteiger partial charge in [0.1, 0.15) is 0 Å². The van der Waals surface area contributed by atoms with Crippen LogP contribution in [0.1, 0.15) is 6.92 Å². The number of nitrogens with one attached hydrogen (secondary N) is 1. The van der Waals surface area contributed by atoms with Crippen LogP contribution in [0, 0.1) is 5.92 Å². The predicted octanol–water partition coefficient (Wildman–Crippen LogP) is 3.61. The van der Waals surface area contributed by atoms with Crippen molar-refractivity contribution in [3.05, 3.63) is 28.7 Å². The molecule has 2 unspecified atom stereocenters. The fraction of sp³-hybridized carbons (Fsp3) is 0.455. The molecule has 14 heavy (non-hydrogen) atoms. The average molecular weight is 272 g/mol. The standard InChI is InChI=1S/C11H14BrNS/c1-8-6-14-7-11(8)13-10-4-2-3-9(12)5-10/h2-5,8,11,13H,6-7H2,1H3. The highest BCUT2D eigenvalue weighted by molar-refractivity contribution is 9.10. The molecule has 1 aromatic carbocycles. The van der Waals surface area contributed by atoms with Gasteiger partial charge in [0.25, 0.3) is 0 Å². The minimum Gasteiger partial charge on any atom is -0.381 e. The zero-order valence-electron chi connectivity index (χ0n) is 8.16. The van der Waals surface area contributed by atoms with Gasteiger partial charge in [0.15, 0.2) is 0 Å². The van der Waals surface area contributed by atoms with Crippen LogP contribution < -0.4 is 5.32 Å². The van der Waals surface area contributed by atoms with Crippen LogP contribution in [0.15, 0.2) is 28.7 Å². The number of hydrogen-bond acceptors (Lipinski definition) is 2. The first-order chi connectivity index (χ1) is 6.75. The molecule has 0 spiro atoms. The summed E-state index contributed by atoms with van der Waals surface area (Å²) >= 11 is 5.52. The van der Waals surface area contributed by atoms with E-state index in [1.807, 2.05) is 11.8 Å². The monoisotopic (exact) mass is 271 g/mol. The lowest BCUT2D eigenvalue weighted by Gasteiger charge is -2.17. The number of anilines is 1. The van der Waals surface area contributed by atoms with Crippen LogP contribution in [0.4, 0.5) is 5.69 Å². The maximum absolute atomic E-state index is 3.58. The molecule has 1 N–H and O–H groups in total. The number of halogens is 1. The lowest BCUT2D eigenvalue weighted by molar-refractivity contribution is 0.599. The molecule has 1 heterocycles. The van der Waals surface area contributed by atoms with Gasteiger partial charge in [-0.15, -0.1) is 0 Å². The molecule has 2 atom stereocenters. The molecule has 1 saturated heterocycles. The topological polar surface area (TPSA) is 12.0 Å². The fourth-order valence-electron chi connectivity index (χ4n) is 1.64. The highest BCUT2D eigenvalue weighted by Gasteiger charge is 2.23. The third-order valence-electron chi connectivity index (χ3n) is 2.54. The quantitative estimate of drug-likeness (QED) is 0.882. The summed E-state index contributed by atoms with van der Waals surface area (Å²) < 4.78 is 1.14. The van der Waals surface area contributed by atoms with Crippen molar-refractivity contribution >= 4 is 33.4 Å². The van der Waals surface area contributed by atoms with Crippen molar-refractivity contribution < 1.29 is 0 Å². The molecule has 1 fully saturated rings. The first-order valence-corrected chi connectivity index (χ1v) is 6.80. The van der Waals surface area contributed by atoms with Gasteiger partial charge in [0.05, 0.1) is 0 Å². The molecule has 0 aliphatic carbocycles. The molecule has 1 aromatic rings. The Morgan fingerprint density at radius 3 is 2.93 bits per heavy atom. The largest absolute Gasteiger partial charge is 0.381 e. The predicted molar refractivity (Wildman–Crippen MR) is 68.0 cm³/mol. The van der Waals surface area contributed by atoms with Crippen LogP contribution >= 0.6 is 27.7 Å². The highest BCUT2D eigenvalue weighted by Crippen LogP contribution is 2.27. The summed E-state index contributed by atoms with van der Waals surface area (Å²) in [5, 5.41) is 3.58. The molecule has 0 aromatic heterocycles. The first-order valence-electron chi connectivity index (χ1n) is 4.85. The maximum Gasteiger partial charge on any atom is 0.0385 e. The second-order valence-electron chi connectivity index (χ2n) is 3.78. The van der Waals surface area contributed by atoms with Gasteiger partial charge >= 0.3 is 0 Å². The van der Waals surface area contributed by atoms with Gasteiger partial charge in [0, 0.05) is 22.0 Å². The summed E-state index contributed by atoms with van der Waals surface area (Å²) in [7, 11) is 0. The summed E-state index contributed by atoms with van der Waals surface area (Å²) in [6.45, 7) is 2.32. The van der Waals surface area contributed by atoms with Gasteiger partial charge in [0.2, 0.25) is 0 Å². The Kier molecular flexibility index (Phi) is 3.39. The summed E-state index contributed by atoms with van der Waals surface area (Å²) in [5.41, 5.74) is 1.22. The number of rotatable bonds is 2. The molecule has 0 radical (unpaired) electrons. The Hall–Kier alpha value is -0.150. The Bertz CT molecular complexity index is 316. The molecule has 0 saturated carbocycles. The second-order valence-corrected chi connectivity index (χ2v) is 5.77. The third kappa shape index (κ3) is 2.45. The van der Waals surface area contributed by atoms with E-state index in [-0.39, 0.29) is 0 Å². The molecule has 1 nitrogen and oxygen atoms in total. The van der Waals surface area contributed by atoms with Gasteiger partial charge in [-0.3, -0.25) is 0 Å². The summed E-state index contributed by atoms with van der Waals surface area (Å²) in [4.78, 5) is 0. The van der Waals surface area contributed by atoms with Crippen molar-refractivity contribution in [1.82, 2.24) is 0 Å². The highest BCUT2D eigenvalue weighted by atomic mass is 79.9. The minimum absolute atomic E-state index is 0.634. The van der Waals surface area contributed by atoms with E-state index in [2.05, 4.69) is 52.4 Å². The summed E-state index contributed by atoms with van der Waals surface area (Å²) in [6, 6.07) is 9.02. The van der Waals surface area contributed by atoms with Crippen molar-refractivity contribution in [2.45, 2.75) is 13.0 Å². The van der Waals surface area contributed by atoms with Crippen LogP contribution in [0.3, 0.4) is 0 Å². The van der Waals surface area contributed by atoms with Crippen LogP contribution in [0.5, 0.6) is 0 Å². The molecule has 0 amide bonds. The van der Waals surface area contributed by atoms with E-state index in [9.17, 15) is 0 Å². The Morgan fingerprint density at radius 2 is 2.29 bits per heavy atom. The number of thioether (sulfide) groups is 1. The summed E-state index contributed by atoms with van der Waals surface area (Å²) in [5.74, 6) is 3.29. The van der Waals surface area contributed by atoms with Gasteiger partial charge in [-0.2, -0.15) is 11.8 Å². The zero-order valence-corrected chi connectivity index (χ0v) is 10.6. The number of hydrogen-bond donors (Lipinski definition) is 1.